The number of pyridine rings is 1. The van der Waals surface area contributed by atoms with Gasteiger partial charge in [0.2, 0.25) is 0 Å². The monoisotopic (exact) mass is 476 g/mol. The molecule has 1 fully saturated rings. The summed E-state index contributed by atoms with van der Waals surface area (Å²) in [6.45, 7) is -0.155. The minimum Gasteiger partial charge on any atom is -0.497 e. The number of amides is 3. The van der Waals surface area contributed by atoms with Crippen LogP contribution in [-0.2, 0) is 4.79 Å². The molecule has 3 amide bonds. The summed E-state index contributed by atoms with van der Waals surface area (Å²) < 4.78 is 5.32. The molecule has 33 heavy (non-hydrogen) atoms. The molecule has 164 valence electrons. The molecule has 0 spiro atoms. The van der Waals surface area contributed by atoms with Crippen LogP contribution in [0, 0.1) is 11.3 Å². The largest absolute Gasteiger partial charge is 0.497 e. The molecule has 0 radical (unpaired) electrons. The first-order valence-electron chi connectivity index (χ1n) is 10.1. The van der Waals surface area contributed by atoms with Crippen molar-refractivity contribution < 1.29 is 14.3 Å². The van der Waals surface area contributed by atoms with Gasteiger partial charge in [-0.3, -0.25) is 9.78 Å². The first-order chi connectivity index (χ1) is 16.0. The van der Waals surface area contributed by atoms with Gasteiger partial charge < -0.3 is 9.64 Å². The minimum atomic E-state index is -0.618. The third-order valence-electron chi connectivity index (χ3n) is 5.72. The predicted molar refractivity (Wildman–Crippen MR) is 128 cm³/mol. The van der Waals surface area contributed by atoms with Crippen molar-refractivity contribution in [3.05, 3.63) is 71.5 Å². The number of benzene rings is 2. The van der Waals surface area contributed by atoms with Crippen LogP contribution in [0.1, 0.15) is 5.56 Å². The zero-order valence-corrected chi connectivity index (χ0v) is 19.0. The van der Waals surface area contributed by atoms with Crippen LogP contribution in [0.4, 0.5) is 10.5 Å². The maximum Gasteiger partial charge on any atom is 0.332 e. The SMILES string of the molecule is COc1ccc(Cl)c(C2=CC3C(S2)C(=O)N(c2cncc4ccccc24)C(=O)N3CC#N)c1. The van der Waals surface area contributed by atoms with E-state index < -0.39 is 17.3 Å². The number of anilines is 1. The van der Waals surface area contributed by atoms with Gasteiger partial charge in [-0.2, -0.15) is 5.26 Å². The number of nitrogens with zero attached hydrogens (tertiary/aromatic N) is 4. The zero-order chi connectivity index (χ0) is 23.1. The van der Waals surface area contributed by atoms with Crippen LogP contribution in [0.5, 0.6) is 5.75 Å². The molecule has 0 bridgehead atoms. The molecule has 2 aliphatic rings. The van der Waals surface area contributed by atoms with E-state index in [9.17, 15) is 14.9 Å². The van der Waals surface area contributed by atoms with Crippen molar-refractivity contribution >= 4 is 56.7 Å². The van der Waals surface area contributed by atoms with E-state index in [0.29, 0.717) is 22.0 Å². The Kier molecular flexibility index (Phi) is 5.44. The lowest BCUT2D eigenvalue weighted by molar-refractivity contribution is -0.119. The fraction of sp³-hybridized carbons (Fsp3) is 0.167. The van der Waals surface area contributed by atoms with E-state index in [4.69, 9.17) is 16.3 Å². The minimum absolute atomic E-state index is 0.155. The van der Waals surface area contributed by atoms with Crippen LogP contribution < -0.4 is 9.64 Å². The Bertz CT molecular complexity index is 1360. The quantitative estimate of drug-likeness (QED) is 0.507. The molecule has 1 aromatic heterocycles. The number of hydrogen-bond acceptors (Lipinski definition) is 6. The van der Waals surface area contributed by atoms with Crippen molar-refractivity contribution in [1.29, 1.82) is 5.26 Å². The molecular formula is C24H17ClN4O3S. The summed E-state index contributed by atoms with van der Waals surface area (Å²) in [4.78, 5) is 34.7. The summed E-state index contributed by atoms with van der Waals surface area (Å²) in [6.07, 6.45) is 5.03. The average Bonchev–Trinajstić information content (AvgIpc) is 3.28. The first kappa shape index (κ1) is 21.3. The van der Waals surface area contributed by atoms with Crippen LogP contribution in [0.15, 0.2) is 60.9 Å². The van der Waals surface area contributed by atoms with Gasteiger partial charge in [0.25, 0.3) is 5.91 Å². The fourth-order valence-electron chi connectivity index (χ4n) is 4.14. The van der Waals surface area contributed by atoms with E-state index in [-0.39, 0.29) is 12.5 Å². The Balaban J connectivity index is 1.59. The van der Waals surface area contributed by atoms with Crippen molar-refractivity contribution in [2.45, 2.75) is 11.3 Å². The number of thioether (sulfide) groups is 1. The summed E-state index contributed by atoms with van der Waals surface area (Å²) in [5, 5.41) is 10.9. The molecule has 3 aromatic rings. The third-order valence-corrected chi connectivity index (χ3v) is 7.39. The standard InChI is InChI=1S/C24H17ClN4O3S/c1-32-15-6-7-18(25)17(10-15)21-11-19-22(33-21)23(30)29(24(31)28(19)9-8-26)20-13-27-12-14-4-2-3-5-16(14)20/h2-7,10-13,19,22H,9H2,1H3. The van der Waals surface area contributed by atoms with Gasteiger partial charge in [-0.05, 0) is 24.3 Å². The number of ether oxygens (including phenoxy) is 1. The zero-order valence-electron chi connectivity index (χ0n) is 17.4. The summed E-state index contributed by atoms with van der Waals surface area (Å²) >= 11 is 7.77. The van der Waals surface area contributed by atoms with E-state index in [1.165, 1.54) is 22.9 Å². The predicted octanol–water partition coefficient (Wildman–Crippen LogP) is 4.71. The van der Waals surface area contributed by atoms with Gasteiger partial charge in [-0.25, -0.2) is 9.69 Å². The second-order valence-electron chi connectivity index (χ2n) is 7.53. The number of aromatic nitrogens is 1. The Morgan fingerprint density at radius 1 is 1.21 bits per heavy atom. The van der Waals surface area contributed by atoms with E-state index >= 15 is 0 Å². The Labute approximate surface area is 199 Å². The first-order valence-corrected chi connectivity index (χ1v) is 11.4. The number of carbonyl (C=O) groups is 2. The Morgan fingerprint density at radius 2 is 2.03 bits per heavy atom. The highest BCUT2D eigenvalue weighted by atomic mass is 35.5. The molecular weight excluding hydrogens is 460 g/mol. The highest BCUT2D eigenvalue weighted by molar-refractivity contribution is 8.09. The summed E-state index contributed by atoms with van der Waals surface area (Å²) in [5.74, 6) is 0.276. The molecule has 2 unspecified atom stereocenters. The van der Waals surface area contributed by atoms with Crippen molar-refractivity contribution in [1.82, 2.24) is 9.88 Å². The van der Waals surface area contributed by atoms with Crippen LogP contribution >= 0.6 is 23.4 Å². The summed E-state index contributed by atoms with van der Waals surface area (Å²) in [5.41, 5.74) is 1.11. The van der Waals surface area contributed by atoms with Gasteiger partial charge in [0, 0.05) is 32.5 Å². The van der Waals surface area contributed by atoms with Crippen molar-refractivity contribution in [3.63, 3.8) is 0 Å². The molecule has 2 aromatic carbocycles. The molecule has 0 N–H and O–H groups in total. The number of hydrogen-bond donors (Lipinski definition) is 0. The summed E-state index contributed by atoms with van der Waals surface area (Å²) in [7, 11) is 1.57. The molecule has 5 rings (SSSR count). The van der Waals surface area contributed by atoms with Crippen molar-refractivity contribution in [3.8, 4) is 11.8 Å². The number of methoxy groups -OCH3 is 1. The lowest BCUT2D eigenvalue weighted by atomic mass is 10.0. The molecule has 1 saturated heterocycles. The van der Waals surface area contributed by atoms with Crippen LogP contribution in [-0.4, -0.2) is 46.8 Å². The van der Waals surface area contributed by atoms with Gasteiger partial charge in [-0.1, -0.05) is 35.9 Å². The van der Waals surface area contributed by atoms with E-state index in [1.807, 2.05) is 30.3 Å². The second kappa shape index (κ2) is 8.43. The lowest BCUT2D eigenvalue weighted by Crippen LogP contribution is -2.62. The average molecular weight is 477 g/mol. The van der Waals surface area contributed by atoms with Gasteiger partial charge in [0.1, 0.15) is 17.5 Å². The maximum absolute atomic E-state index is 13.7. The third kappa shape index (κ3) is 3.50. The number of carbonyl (C=O) groups excluding carboxylic acids is 2. The number of nitriles is 1. The van der Waals surface area contributed by atoms with Crippen LogP contribution in [0.25, 0.3) is 15.7 Å². The number of fused-ring (bicyclic) bond motifs is 2. The van der Waals surface area contributed by atoms with Gasteiger partial charge in [0.05, 0.1) is 31.1 Å². The molecule has 3 heterocycles. The Morgan fingerprint density at radius 3 is 2.82 bits per heavy atom. The van der Waals surface area contributed by atoms with Gasteiger partial charge in [0.15, 0.2) is 0 Å². The number of halogens is 1. The normalized spacial score (nSPS) is 20.0. The van der Waals surface area contributed by atoms with Crippen LogP contribution in [0.2, 0.25) is 5.02 Å². The smallest absolute Gasteiger partial charge is 0.332 e. The number of urea groups is 1. The highest BCUT2D eigenvalue weighted by Crippen LogP contribution is 2.47. The topological polar surface area (TPSA) is 86.5 Å². The Hall–Kier alpha value is -3.54. The maximum atomic E-state index is 13.7. The fourth-order valence-corrected chi connectivity index (χ4v) is 5.77. The molecule has 2 aliphatic heterocycles. The van der Waals surface area contributed by atoms with Crippen LogP contribution in [0.3, 0.4) is 0 Å². The molecule has 2 atom stereocenters. The molecule has 0 saturated carbocycles. The van der Waals surface area contributed by atoms with E-state index in [1.54, 1.807) is 31.5 Å². The molecule has 0 aliphatic carbocycles. The molecule has 9 heteroatoms. The van der Waals surface area contributed by atoms with E-state index in [2.05, 4.69) is 11.1 Å². The number of imide groups is 1. The van der Waals surface area contributed by atoms with E-state index in [0.717, 1.165) is 20.6 Å². The lowest BCUT2D eigenvalue weighted by Gasteiger charge is -2.40. The van der Waals surface area contributed by atoms with Gasteiger partial charge >= 0.3 is 6.03 Å². The van der Waals surface area contributed by atoms with Gasteiger partial charge in [-0.15, -0.1) is 11.8 Å². The van der Waals surface area contributed by atoms with Crippen molar-refractivity contribution in [2.75, 3.05) is 18.6 Å². The highest BCUT2D eigenvalue weighted by Gasteiger charge is 2.50. The summed E-state index contributed by atoms with van der Waals surface area (Å²) in [6, 6.07) is 13.7. The second-order valence-corrected chi connectivity index (χ2v) is 9.12. The molecule has 7 nitrogen and oxygen atoms in total. The van der Waals surface area contributed by atoms with Crippen molar-refractivity contribution in [2.24, 2.45) is 0 Å². The number of rotatable bonds is 4.